The van der Waals surface area contributed by atoms with Gasteiger partial charge in [-0.05, 0) is 37.6 Å². The minimum Gasteiger partial charge on any atom is -0.303 e. The Morgan fingerprint density at radius 3 is 2.11 bits per heavy atom. The summed E-state index contributed by atoms with van der Waals surface area (Å²) in [6.45, 7) is 7.54. The number of piperazine rings is 1. The van der Waals surface area contributed by atoms with Crippen LogP contribution in [0.2, 0.25) is 5.02 Å². The summed E-state index contributed by atoms with van der Waals surface area (Å²) in [5.41, 5.74) is 1.39. The van der Waals surface area contributed by atoms with Crippen LogP contribution in [0.4, 0.5) is 0 Å². The SMILES string of the molecule is CC.CN1CC2CCC(C1)N2Cc1ccc(Cl)cc1. The van der Waals surface area contributed by atoms with Gasteiger partial charge in [-0.1, -0.05) is 37.6 Å². The molecule has 106 valence electrons. The van der Waals surface area contributed by atoms with Gasteiger partial charge in [-0.3, -0.25) is 4.90 Å². The highest BCUT2D eigenvalue weighted by Gasteiger charge is 2.38. The molecule has 2 aliphatic rings. The Kier molecular flexibility index (Phi) is 5.26. The molecule has 0 spiro atoms. The van der Waals surface area contributed by atoms with Gasteiger partial charge in [0, 0.05) is 36.7 Å². The summed E-state index contributed by atoms with van der Waals surface area (Å²) in [5.74, 6) is 0. The molecule has 0 aliphatic carbocycles. The number of halogens is 1. The van der Waals surface area contributed by atoms with E-state index in [1.807, 2.05) is 26.0 Å². The highest BCUT2D eigenvalue weighted by Crippen LogP contribution is 2.31. The Morgan fingerprint density at radius 1 is 1.05 bits per heavy atom. The zero-order valence-corrected chi connectivity index (χ0v) is 13.0. The van der Waals surface area contributed by atoms with E-state index in [0.29, 0.717) is 0 Å². The van der Waals surface area contributed by atoms with Gasteiger partial charge in [-0.15, -0.1) is 0 Å². The molecule has 0 N–H and O–H groups in total. The lowest BCUT2D eigenvalue weighted by molar-refractivity contribution is 0.0760. The van der Waals surface area contributed by atoms with Crippen LogP contribution in [0.3, 0.4) is 0 Å². The fourth-order valence-electron chi connectivity index (χ4n) is 3.26. The standard InChI is InChI=1S/C14H19ClN2.C2H6/c1-16-9-13-6-7-14(10-16)17(13)8-11-2-4-12(15)5-3-11;1-2/h2-5,13-14H,6-10H2,1H3;1-2H3. The molecule has 0 saturated carbocycles. The molecule has 3 rings (SSSR count). The summed E-state index contributed by atoms with van der Waals surface area (Å²) in [4.78, 5) is 5.16. The first-order chi connectivity index (χ1) is 9.22. The van der Waals surface area contributed by atoms with Crippen molar-refractivity contribution in [1.29, 1.82) is 0 Å². The third-order valence-electron chi connectivity index (χ3n) is 4.09. The number of hydrogen-bond acceptors (Lipinski definition) is 2. The zero-order chi connectivity index (χ0) is 13.8. The van der Waals surface area contributed by atoms with Crippen molar-refractivity contribution in [3.05, 3.63) is 34.9 Å². The van der Waals surface area contributed by atoms with Crippen molar-refractivity contribution in [3.8, 4) is 0 Å². The molecule has 1 aromatic carbocycles. The van der Waals surface area contributed by atoms with Crippen LogP contribution >= 0.6 is 11.6 Å². The van der Waals surface area contributed by atoms with E-state index in [4.69, 9.17) is 11.6 Å². The van der Waals surface area contributed by atoms with E-state index in [1.165, 1.54) is 31.5 Å². The van der Waals surface area contributed by atoms with Gasteiger partial charge in [-0.25, -0.2) is 0 Å². The summed E-state index contributed by atoms with van der Waals surface area (Å²) in [6, 6.07) is 9.81. The highest BCUT2D eigenvalue weighted by atomic mass is 35.5. The van der Waals surface area contributed by atoms with E-state index >= 15 is 0 Å². The maximum absolute atomic E-state index is 5.92. The first-order valence-electron chi connectivity index (χ1n) is 7.41. The smallest absolute Gasteiger partial charge is 0.0406 e. The van der Waals surface area contributed by atoms with Gasteiger partial charge in [0.25, 0.3) is 0 Å². The lowest BCUT2D eigenvalue weighted by Crippen LogP contribution is -2.51. The maximum Gasteiger partial charge on any atom is 0.0406 e. The highest BCUT2D eigenvalue weighted by molar-refractivity contribution is 6.30. The fraction of sp³-hybridized carbons (Fsp3) is 0.625. The molecule has 2 atom stereocenters. The van der Waals surface area contributed by atoms with E-state index in [1.54, 1.807) is 0 Å². The van der Waals surface area contributed by atoms with Gasteiger partial charge < -0.3 is 4.90 Å². The largest absolute Gasteiger partial charge is 0.303 e. The predicted molar refractivity (Wildman–Crippen MR) is 82.7 cm³/mol. The van der Waals surface area contributed by atoms with Crippen molar-refractivity contribution in [2.45, 2.75) is 45.3 Å². The molecule has 0 radical (unpaired) electrons. The van der Waals surface area contributed by atoms with Gasteiger partial charge in [-0.2, -0.15) is 0 Å². The van der Waals surface area contributed by atoms with Crippen molar-refractivity contribution in [1.82, 2.24) is 9.80 Å². The third kappa shape index (κ3) is 3.50. The molecule has 2 unspecified atom stereocenters. The normalized spacial score (nSPS) is 26.9. The Bertz CT molecular complexity index is 376. The summed E-state index contributed by atoms with van der Waals surface area (Å²) < 4.78 is 0. The van der Waals surface area contributed by atoms with Gasteiger partial charge in [0.2, 0.25) is 0 Å². The van der Waals surface area contributed by atoms with E-state index < -0.39 is 0 Å². The first kappa shape index (κ1) is 14.8. The van der Waals surface area contributed by atoms with Crippen LogP contribution in [-0.4, -0.2) is 42.0 Å². The molecule has 2 heterocycles. The summed E-state index contributed by atoms with van der Waals surface area (Å²) in [7, 11) is 2.24. The fourth-order valence-corrected chi connectivity index (χ4v) is 3.39. The lowest BCUT2D eigenvalue weighted by atomic mass is 10.1. The molecule has 2 bridgehead atoms. The number of fused-ring (bicyclic) bond motifs is 2. The predicted octanol–water partition coefficient (Wildman–Crippen LogP) is 3.64. The number of rotatable bonds is 2. The van der Waals surface area contributed by atoms with E-state index in [9.17, 15) is 0 Å². The number of hydrogen-bond donors (Lipinski definition) is 0. The van der Waals surface area contributed by atoms with Crippen LogP contribution in [0, 0.1) is 0 Å². The van der Waals surface area contributed by atoms with E-state index in [2.05, 4.69) is 29.0 Å². The quantitative estimate of drug-likeness (QED) is 0.816. The monoisotopic (exact) mass is 280 g/mol. The molecule has 2 nitrogen and oxygen atoms in total. The topological polar surface area (TPSA) is 6.48 Å². The van der Waals surface area contributed by atoms with E-state index in [0.717, 1.165) is 23.7 Å². The van der Waals surface area contributed by atoms with E-state index in [-0.39, 0.29) is 0 Å². The zero-order valence-electron chi connectivity index (χ0n) is 12.3. The van der Waals surface area contributed by atoms with Crippen LogP contribution < -0.4 is 0 Å². The second-order valence-electron chi connectivity index (χ2n) is 5.41. The molecule has 2 aliphatic heterocycles. The Morgan fingerprint density at radius 2 is 1.58 bits per heavy atom. The Labute approximate surface area is 122 Å². The van der Waals surface area contributed by atoms with Crippen molar-refractivity contribution < 1.29 is 0 Å². The minimum atomic E-state index is 0.759. The molecular weight excluding hydrogens is 256 g/mol. The van der Waals surface area contributed by atoms with Crippen LogP contribution in [0.5, 0.6) is 0 Å². The van der Waals surface area contributed by atoms with Crippen LogP contribution in [0.15, 0.2) is 24.3 Å². The Hall–Kier alpha value is -0.570. The van der Waals surface area contributed by atoms with Crippen molar-refractivity contribution in [2.75, 3.05) is 20.1 Å². The summed E-state index contributed by atoms with van der Waals surface area (Å²) >= 11 is 5.92. The van der Waals surface area contributed by atoms with Crippen LogP contribution in [0.25, 0.3) is 0 Å². The minimum absolute atomic E-state index is 0.759. The summed E-state index contributed by atoms with van der Waals surface area (Å²) in [6.07, 6.45) is 2.73. The average Bonchev–Trinajstić information content (AvgIpc) is 2.66. The van der Waals surface area contributed by atoms with Crippen LogP contribution in [0.1, 0.15) is 32.3 Å². The van der Waals surface area contributed by atoms with Crippen molar-refractivity contribution in [2.24, 2.45) is 0 Å². The van der Waals surface area contributed by atoms with Crippen molar-refractivity contribution in [3.63, 3.8) is 0 Å². The lowest BCUT2D eigenvalue weighted by Gasteiger charge is -2.39. The maximum atomic E-state index is 5.92. The molecule has 2 saturated heterocycles. The summed E-state index contributed by atoms with van der Waals surface area (Å²) in [5, 5.41) is 0.829. The van der Waals surface area contributed by atoms with Gasteiger partial charge >= 0.3 is 0 Å². The van der Waals surface area contributed by atoms with Gasteiger partial charge in [0.15, 0.2) is 0 Å². The molecule has 19 heavy (non-hydrogen) atoms. The number of likely N-dealkylation sites (N-methyl/N-ethyl adjacent to an activating group) is 1. The number of likely N-dealkylation sites (tertiary alicyclic amines) is 1. The Balaban J connectivity index is 0.000000637. The second-order valence-corrected chi connectivity index (χ2v) is 5.84. The molecule has 3 heteroatoms. The molecule has 1 aromatic rings. The molecule has 0 aromatic heterocycles. The molecule has 0 amide bonds. The van der Waals surface area contributed by atoms with Crippen LogP contribution in [-0.2, 0) is 6.54 Å². The molecular formula is C16H25ClN2. The number of nitrogens with zero attached hydrogens (tertiary/aromatic N) is 2. The van der Waals surface area contributed by atoms with Gasteiger partial charge in [0.1, 0.15) is 0 Å². The first-order valence-corrected chi connectivity index (χ1v) is 7.79. The van der Waals surface area contributed by atoms with Gasteiger partial charge in [0.05, 0.1) is 0 Å². The third-order valence-corrected chi connectivity index (χ3v) is 4.35. The number of benzene rings is 1. The average molecular weight is 281 g/mol. The second kappa shape index (κ2) is 6.74. The van der Waals surface area contributed by atoms with Crippen molar-refractivity contribution >= 4 is 11.6 Å². The molecule has 2 fully saturated rings.